The molecule has 0 heterocycles. The van der Waals surface area contributed by atoms with Crippen LogP contribution in [0, 0.1) is 11.6 Å². The molecule has 0 spiro atoms. The standard InChI is InChI=1S/C24H11BrF12N2O3/c25-14-8-11(21(28,22(29,30)31)23(32,33)34)9-16(42-24(35,36)37)18(14)39-20(41)13-2-1-3-15(17(13)27)38-19(40)10-4-6-12(26)7-5-10/h1-9H,(H,38,40)(H,39,41). The lowest BCUT2D eigenvalue weighted by molar-refractivity contribution is -0.348. The molecule has 0 aliphatic carbocycles. The fourth-order valence-corrected chi connectivity index (χ4v) is 3.92. The van der Waals surface area contributed by atoms with Gasteiger partial charge in [-0.15, -0.1) is 13.2 Å². The number of hydrogen-bond donors (Lipinski definition) is 2. The molecule has 3 aromatic rings. The molecular weight excluding hydrogens is 672 g/mol. The number of rotatable bonds is 6. The van der Waals surface area contributed by atoms with Gasteiger partial charge < -0.3 is 15.4 Å². The molecule has 226 valence electrons. The normalized spacial score (nSPS) is 12.6. The van der Waals surface area contributed by atoms with Gasteiger partial charge >= 0.3 is 24.4 Å². The van der Waals surface area contributed by atoms with Crippen LogP contribution in [0.1, 0.15) is 26.3 Å². The zero-order valence-electron chi connectivity index (χ0n) is 19.8. The summed E-state index contributed by atoms with van der Waals surface area (Å²) in [5.41, 5.74) is -11.6. The third kappa shape index (κ3) is 6.74. The predicted octanol–water partition coefficient (Wildman–Crippen LogP) is 8.42. The number of carbonyl (C=O) groups excluding carboxylic acids is 2. The van der Waals surface area contributed by atoms with Crippen molar-refractivity contribution in [1.82, 2.24) is 0 Å². The van der Waals surface area contributed by atoms with Gasteiger partial charge in [0, 0.05) is 15.6 Å². The Balaban J connectivity index is 2.04. The molecule has 5 nitrogen and oxygen atoms in total. The van der Waals surface area contributed by atoms with Gasteiger partial charge in [0.25, 0.3) is 11.8 Å². The Morgan fingerprint density at radius 2 is 1.31 bits per heavy atom. The highest BCUT2D eigenvalue weighted by Gasteiger charge is 2.73. The van der Waals surface area contributed by atoms with E-state index in [9.17, 15) is 57.9 Å². The van der Waals surface area contributed by atoms with E-state index in [1.54, 1.807) is 5.32 Å². The molecule has 0 saturated carbocycles. The number of nitrogens with one attached hydrogen (secondary N) is 2. The highest BCUT2D eigenvalue weighted by Crippen LogP contribution is 2.55. The lowest BCUT2D eigenvalue weighted by Gasteiger charge is -2.31. The van der Waals surface area contributed by atoms with E-state index in [2.05, 4.69) is 26.0 Å². The summed E-state index contributed by atoms with van der Waals surface area (Å²) in [5.74, 6) is -6.69. The molecule has 2 N–H and O–H groups in total. The second-order valence-electron chi connectivity index (χ2n) is 8.12. The number of ether oxygens (including phenoxy) is 1. The molecule has 3 aromatic carbocycles. The van der Waals surface area contributed by atoms with E-state index in [0.717, 1.165) is 42.5 Å². The molecule has 3 rings (SSSR count). The van der Waals surface area contributed by atoms with Crippen LogP contribution < -0.4 is 15.4 Å². The minimum atomic E-state index is -6.70. The summed E-state index contributed by atoms with van der Waals surface area (Å²) in [6.45, 7) is 0. The van der Waals surface area contributed by atoms with Crippen LogP contribution in [0.25, 0.3) is 0 Å². The predicted molar refractivity (Wildman–Crippen MR) is 124 cm³/mol. The number of hydrogen-bond acceptors (Lipinski definition) is 3. The molecule has 18 heteroatoms. The van der Waals surface area contributed by atoms with E-state index in [1.165, 1.54) is 0 Å². The maximum absolute atomic E-state index is 15.1. The first kappa shape index (κ1) is 32.6. The Morgan fingerprint density at radius 3 is 1.83 bits per heavy atom. The summed E-state index contributed by atoms with van der Waals surface area (Å²) < 4.78 is 163. The maximum atomic E-state index is 15.1. The molecule has 0 saturated heterocycles. The Bertz CT molecular complexity index is 1490. The zero-order valence-corrected chi connectivity index (χ0v) is 21.4. The second kappa shape index (κ2) is 11.4. The smallest absolute Gasteiger partial charge is 0.404 e. The van der Waals surface area contributed by atoms with Crippen molar-refractivity contribution in [3.63, 3.8) is 0 Å². The van der Waals surface area contributed by atoms with Crippen LogP contribution in [0.4, 0.5) is 64.1 Å². The Labute approximate surface area is 234 Å². The molecule has 2 amide bonds. The molecule has 0 aromatic heterocycles. The van der Waals surface area contributed by atoms with E-state index >= 15 is 4.39 Å². The summed E-state index contributed by atoms with van der Waals surface area (Å²) in [5, 5.41) is 3.70. The molecule has 42 heavy (non-hydrogen) atoms. The molecule has 0 aliphatic heterocycles. The van der Waals surface area contributed by atoms with Crippen molar-refractivity contribution in [3.8, 4) is 5.75 Å². The third-order valence-electron chi connectivity index (χ3n) is 5.30. The Hall–Kier alpha value is -3.96. The van der Waals surface area contributed by atoms with Gasteiger partial charge in [-0.3, -0.25) is 9.59 Å². The van der Waals surface area contributed by atoms with Crippen molar-refractivity contribution in [2.75, 3.05) is 10.6 Å². The highest BCUT2D eigenvalue weighted by atomic mass is 79.9. The minimum absolute atomic E-state index is 0.148. The first-order chi connectivity index (χ1) is 19.2. The fraction of sp³-hybridized carbons (Fsp3) is 0.167. The van der Waals surface area contributed by atoms with Crippen LogP contribution in [0.5, 0.6) is 5.75 Å². The summed E-state index contributed by atoms with van der Waals surface area (Å²) in [4.78, 5) is 25.1. The van der Waals surface area contributed by atoms with Crippen LogP contribution in [-0.2, 0) is 5.67 Å². The lowest BCUT2D eigenvalue weighted by atomic mass is 9.93. The van der Waals surface area contributed by atoms with Crippen LogP contribution in [0.2, 0.25) is 0 Å². The quantitative estimate of drug-likeness (QED) is 0.257. The molecule has 0 radical (unpaired) electrons. The van der Waals surface area contributed by atoms with Crippen LogP contribution in [-0.4, -0.2) is 30.5 Å². The molecule has 0 aliphatic rings. The van der Waals surface area contributed by atoms with E-state index in [-0.39, 0.29) is 11.6 Å². The van der Waals surface area contributed by atoms with Gasteiger partial charge in [0.15, 0.2) is 11.6 Å². The molecule has 0 unspecified atom stereocenters. The first-order valence-electron chi connectivity index (χ1n) is 10.7. The fourth-order valence-electron chi connectivity index (χ4n) is 3.38. The second-order valence-corrected chi connectivity index (χ2v) is 8.97. The van der Waals surface area contributed by atoms with Crippen molar-refractivity contribution in [3.05, 3.63) is 87.4 Å². The van der Waals surface area contributed by atoms with E-state index < -0.39 is 86.6 Å². The minimum Gasteiger partial charge on any atom is -0.404 e. The summed E-state index contributed by atoms with van der Waals surface area (Å²) in [7, 11) is 0. The SMILES string of the molecule is O=C(Nc1cccc(C(=O)Nc2c(Br)cc(C(F)(C(F)(F)F)C(F)(F)F)cc2OC(F)(F)F)c1F)c1ccc(F)cc1. The van der Waals surface area contributed by atoms with Crippen molar-refractivity contribution >= 4 is 39.1 Å². The van der Waals surface area contributed by atoms with Crippen LogP contribution in [0.3, 0.4) is 0 Å². The zero-order chi connectivity index (χ0) is 31.8. The van der Waals surface area contributed by atoms with Crippen molar-refractivity contribution in [1.29, 1.82) is 0 Å². The maximum Gasteiger partial charge on any atom is 0.573 e. The van der Waals surface area contributed by atoms with Gasteiger partial charge in [0.1, 0.15) is 5.82 Å². The highest BCUT2D eigenvalue weighted by molar-refractivity contribution is 9.10. The van der Waals surface area contributed by atoms with E-state index in [1.807, 2.05) is 0 Å². The van der Waals surface area contributed by atoms with Crippen molar-refractivity contribution < 1.29 is 67.0 Å². The lowest BCUT2D eigenvalue weighted by Crippen LogP contribution is -2.50. The number of halogens is 13. The summed E-state index contributed by atoms with van der Waals surface area (Å²) in [6, 6.07) is 5.81. The molecule has 0 fully saturated rings. The van der Waals surface area contributed by atoms with Gasteiger partial charge in [-0.25, -0.2) is 13.2 Å². The largest absolute Gasteiger partial charge is 0.573 e. The van der Waals surface area contributed by atoms with E-state index in [4.69, 9.17) is 0 Å². The monoisotopic (exact) mass is 682 g/mol. The van der Waals surface area contributed by atoms with E-state index in [0.29, 0.717) is 0 Å². The average molecular weight is 683 g/mol. The topological polar surface area (TPSA) is 67.4 Å². The Kier molecular flexibility index (Phi) is 8.82. The van der Waals surface area contributed by atoms with Gasteiger partial charge in [0.2, 0.25) is 0 Å². The first-order valence-corrected chi connectivity index (χ1v) is 11.5. The van der Waals surface area contributed by atoms with Crippen LogP contribution >= 0.6 is 15.9 Å². The Morgan fingerprint density at radius 1 is 0.738 bits per heavy atom. The molecular formula is C24H11BrF12N2O3. The average Bonchev–Trinajstić information content (AvgIpc) is 2.84. The third-order valence-corrected chi connectivity index (χ3v) is 5.92. The van der Waals surface area contributed by atoms with Crippen molar-refractivity contribution in [2.45, 2.75) is 24.4 Å². The van der Waals surface area contributed by atoms with Crippen molar-refractivity contribution in [2.24, 2.45) is 0 Å². The van der Waals surface area contributed by atoms with Crippen LogP contribution in [0.15, 0.2) is 59.1 Å². The number of amides is 2. The molecule has 0 bridgehead atoms. The van der Waals surface area contributed by atoms with Gasteiger partial charge in [-0.1, -0.05) is 6.07 Å². The molecule has 0 atom stereocenters. The summed E-state index contributed by atoms with van der Waals surface area (Å²) in [6.07, 6.45) is -19.2. The number of benzene rings is 3. The van der Waals surface area contributed by atoms with Gasteiger partial charge in [0.05, 0.1) is 16.9 Å². The number of anilines is 2. The number of alkyl halides is 10. The summed E-state index contributed by atoms with van der Waals surface area (Å²) >= 11 is 2.39. The number of carbonyl (C=O) groups is 2. The van der Waals surface area contributed by atoms with Gasteiger partial charge in [-0.05, 0) is 64.5 Å². The van der Waals surface area contributed by atoms with Gasteiger partial charge in [-0.2, -0.15) is 26.3 Å².